The lowest BCUT2D eigenvalue weighted by molar-refractivity contribution is -0.384. The van der Waals surface area contributed by atoms with Gasteiger partial charge in [0.05, 0.1) is 16.9 Å². The number of carbonyl (C=O) groups excluding carboxylic acids is 2. The van der Waals surface area contributed by atoms with E-state index in [0.717, 1.165) is 22.2 Å². The molecule has 0 radical (unpaired) electrons. The fourth-order valence-corrected chi connectivity index (χ4v) is 4.03. The molecule has 0 fully saturated rings. The Morgan fingerprint density at radius 1 is 1.06 bits per heavy atom. The number of nitro benzene ring substituents is 1. The van der Waals surface area contributed by atoms with Crippen molar-refractivity contribution in [3.8, 4) is 0 Å². The highest BCUT2D eigenvalue weighted by atomic mass is 32.2. The van der Waals surface area contributed by atoms with Crippen molar-refractivity contribution in [3.63, 3.8) is 0 Å². The van der Waals surface area contributed by atoms with E-state index in [9.17, 15) is 28.1 Å². The molecule has 34 heavy (non-hydrogen) atoms. The summed E-state index contributed by atoms with van der Waals surface area (Å²) in [5.41, 5.74) is 0.448. The number of nitrogens with one attached hydrogen (secondary N) is 1. The van der Waals surface area contributed by atoms with E-state index in [1.54, 1.807) is 31.2 Å². The average molecular weight is 491 g/mol. The summed E-state index contributed by atoms with van der Waals surface area (Å²) in [6.07, 6.45) is 0.916. The molecule has 0 aliphatic carbocycles. The fraction of sp³-hybridized carbons (Fsp3) is 0.391. The number of anilines is 1. The third-order valence-electron chi connectivity index (χ3n) is 5.06. The molecule has 0 bridgehead atoms. The third kappa shape index (κ3) is 7.55. The fourth-order valence-electron chi connectivity index (χ4n) is 3.19. The molecule has 1 atom stereocenters. The van der Waals surface area contributed by atoms with E-state index < -0.39 is 33.4 Å². The molecule has 184 valence electrons. The molecule has 2 aromatic rings. The van der Waals surface area contributed by atoms with Crippen LogP contribution in [-0.2, 0) is 26.2 Å². The van der Waals surface area contributed by atoms with E-state index >= 15 is 0 Å². The molecule has 2 amide bonds. The summed E-state index contributed by atoms with van der Waals surface area (Å²) in [4.78, 5) is 37.9. The van der Waals surface area contributed by atoms with Gasteiger partial charge in [-0.1, -0.05) is 50.2 Å². The number of amides is 2. The number of nitro groups is 1. The number of nitrogens with zero attached hydrogens (tertiary/aromatic N) is 3. The molecule has 0 saturated heterocycles. The highest BCUT2D eigenvalue weighted by Gasteiger charge is 2.30. The smallest absolute Gasteiger partial charge is 0.271 e. The molecule has 11 heteroatoms. The number of hydrogen-bond donors (Lipinski definition) is 1. The van der Waals surface area contributed by atoms with Crippen LogP contribution >= 0.6 is 0 Å². The highest BCUT2D eigenvalue weighted by molar-refractivity contribution is 7.92. The summed E-state index contributed by atoms with van der Waals surface area (Å²) in [6.45, 7) is 5.37. The normalized spacial score (nSPS) is 12.1. The van der Waals surface area contributed by atoms with Crippen LogP contribution in [0.4, 0.5) is 11.4 Å². The number of rotatable bonds is 11. The Labute approximate surface area is 199 Å². The van der Waals surface area contributed by atoms with Crippen LogP contribution in [0.2, 0.25) is 0 Å². The van der Waals surface area contributed by atoms with Gasteiger partial charge in [-0.3, -0.25) is 24.0 Å². The molecule has 0 saturated carbocycles. The second-order valence-electron chi connectivity index (χ2n) is 8.37. The predicted octanol–water partition coefficient (Wildman–Crippen LogP) is 2.55. The topological polar surface area (TPSA) is 130 Å². The van der Waals surface area contributed by atoms with Gasteiger partial charge in [0.1, 0.15) is 12.6 Å². The van der Waals surface area contributed by atoms with Gasteiger partial charge in [0.2, 0.25) is 21.8 Å². The second-order valence-corrected chi connectivity index (χ2v) is 10.3. The van der Waals surface area contributed by atoms with Crippen molar-refractivity contribution < 1.29 is 22.9 Å². The van der Waals surface area contributed by atoms with E-state index in [-0.39, 0.29) is 29.7 Å². The van der Waals surface area contributed by atoms with Gasteiger partial charge in [-0.2, -0.15) is 0 Å². The zero-order valence-electron chi connectivity index (χ0n) is 19.7. The first kappa shape index (κ1) is 26.8. The maximum absolute atomic E-state index is 13.4. The Bertz CT molecular complexity index is 1120. The van der Waals surface area contributed by atoms with Crippen LogP contribution in [0.25, 0.3) is 0 Å². The SMILES string of the molecule is CC(C)CNC(=O)[C@@H](C)N(Cc1ccccc1)C(=O)CN(c1cccc([N+](=O)[O-])c1)S(C)(=O)=O. The summed E-state index contributed by atoms with van der Waals surface area (Å²) < 4.78 is 25.8. The molecule has 2 rings (SSSR count). The van der Waals surface area contributed by atoms with Gasteiger partial charge in [0.15, 0.2) is 0 Å². The highest BCUT2D eigenvalue weighted by Crippen LogP contribution is 2.23. The maximum atomic E-state index is 13.4. The van der Waals surface area contributed by atoms with Gasteiger partial charge in [-0.15, -0.1) is 0 Å². The predicted molar refractivity (Wildman–Crippen MR) is 130 cm³/mol. The number of benzene rings is 2. The largest absolute Gasteiger partial charge is 0.354 e. The van der Waals surface area contributed by atoms with Gasteiger partial charge in [-0.25, -0.2) is 8.42 Å². The van der Waals surface area contributed by atoms with Crippen LogP contribution in [0, 0.1) is 16.0 Å². The lowest BCUT2D eigenvalue weighted by Crippen LogP contribution is -2.51. The average Bonchev–Trinajstić information content (AvgIpc) is 2.78. The molecule has 0 aliphatic heterocycles. The van der Waals surface area contributed by atoms with Crippen LogP contribution in [0.1, 0.15) is 26.3 Å². The van der Waals surface area contributed by atoms with Crippen LogP contribution in [0.15, 0.2) is 54.6 Å². The van der Waals surface area contributed by atoms with Crippen LogP contribution < -0.4 is 9.62 Å². The van der Waals surface area contributed by atoms with E-state index in [4.69, 9.17) is 0 Å². The van der Waals surface area contributed by atoms with Crippen molar-refractivity contribution in [1.29, 1.82) is 0 Å². The van der Waals surface area contributed by atoms with Crippen molar-refractivity contribution in [2.24, 2.45) is 5.92 Å². The van der Waals surface area contributed by atoms with Gasteiger partial charge in [-0.05, 0) is 24.5 Å². The summed E-state index contributed by atoms with van der Waals surface area (Å²) >= 11 is 0. The zero-order valence-corrected chi connectivity index (χ0v) is 20.5. The first-order valence-electron chi connectivity index (χ1n) is 10.7. The molecule has 0 heterocycles. The molecule has 0 spiro atoms. The zero-order chi connectivity index (χ0) is 25.5. The Morgan fingerprint density at radius 3 is 2.26 bits per heavy atom. The third-order valence-corrected chi connectivity index (χ3v) is 6.20. The van der Waals surface area contributed by atoms with Gasteiger partial charge >= 0.3 is 0 Å². The van der Waals surface area contributed by atoms with Crippen LogP contribution in [0.3, 0.4) is 0 Å². The van der Waals surface area contributed by atoms with E-state index in [1.807, 2.05) is 19.9 Å². The molecular formula is C23H30N4O6S. The quantitative estimate of drug-likeness (QED) is 0.381. The first-order valence-corrected chi connectivity index (χ1v) is 12.6. The number of non-ortho nitro benzene ring substituents is 1. The Kier molecular flexibility index (Phi) is 9.13. The second kappa shape index (κ2) is 11.6. The van der Waals surface area contributed by atoms with Gasteiger partial charge in [0, 0.05) is 25.2 Å². The number of sulfonamides is 1. The van der Waals surface area contributed by atoms with Crippen molar-refractivity contribution in [2.75, 3.05) is 23.7 Å². The molecule has 10 nitrogen and oxygen atoms in total. The van der Waals surface area contributed by atoms with Crippen LogP contribution in [0.5, 0.6) is 0 Å². The summed E-state index contributed by atoms with van der Waals surface area (Å²) in [6, 6.07) is 13.2. The monoisotopic (exact) mass is 490 g/mol. The lowest BCUT2D eigenvalue weighted by atomic mass is 10.1. The van der Waals surface area contributed by atoms with E-state index in [1.165, 1.54) is 23.1 Å². The maximum Gasteiger partial charge on any atom is 0.271 e. The minimum absolute atomic E-state index is 0.0124. The minimum atomic E-state index is -3.97. The van der Waals surface area contributed by atoms with Crippen molar-refractivity contribution in [3.05, 3.63) is 70.3 Å². The van der Waals surface area contributed by atoms with Crippen molar-refractivity contribution in [1.82, 2.24) is 10.2 Å². The van der Waals surface area contributed by atoms with E-state index in [2.05, 4.69) is 5.32 Å². The summed E-state index contributed by atoms with van der Waals surface area (Å²) in [5, 5.41) is 13.9. The summed E-state index contributed by atoms with van der Waals surface area (Å²) in [7, 11) is -3.97. The number of carbonyl (C=O) groups is 2. The molecular weight excluding hydrogens is 460 g/mol. The van der Waals surface area contributed by atoms with Crippen LogP contribution in [-0.4, -0.2) is 55.4 Å². The molecule has 1 N–H and O–H groups in total. The molecule has 0 aliphatic rings. The molecule has 0 aromatic heterocycles. The molecule has 0 unspecified atom stereocenters. The van der Waals surface area contributed by atoms with E-state index in [0.29, 0.717) is 6.54 Å². The Morgan fingerprint density at radius 2 is 1.71 bits per heavy atom. The summed E-state index contributed by atoms with van der Waals surface area (Å²) in [5.74, 6) is -0.767. The Hall–Kier alpha value is -3.47. The van der Waals surface area contributed by atoms with Crippen molar-refractivity contribution >= 4 is 33.2 Å². The Balaban J connectivity index is 2.38. The number of hydrogen-bond acceptors (Lipinski definition) is 6. The minimum Gasteiger partial charge on any atom is -0.354 e. The first-order chi connectivity index (χ1) is 15.9. The molecule has 2 aromatic carbocycles. The van der Waals surface area contributed by atoms with Gasteiger partial charge < -0.3 is 10.2 Å². The lowest BCUT2D eigenvalue weighted by Gasteiger charge is -2.31. The van der Waals surface area contributed by atoms with Gasteiger partial charge in [0.25, 0.3) is 5.69 Å². The van der Waals surface area contributed by atoms with Crippen molar-refractivity contribution in [2.45, 2.75) is 33.4 Å². The standard InChI is InChI=1S/C23H30N4O6S/c1-17(2)14-24-23(29)18(3)25(15-19-9-6-5-7-10-19)22(28)16-26(34(4,32)33)20-11-8-12-21(13-20)27(30)31/h5-13,17-18H,14-16H2,1-4H3,(H,24,29)/t18-/m1/s1.